The van der Waals surface area contributed by atoms with Gasteiger partial charge >= 0.3 is 5.97 Å². The van der Waals surface area contributed by atoms with Gasteiger partial charge in [0.05, 0.1) is 25.5 Å². The number of aromatic hydroxyl groups is 2. The zero-order valence-electron chi connectivity index (χ0n) is 14.0. The molecule has 2 aromatic rings. The molecular formula is C18H17NO7. The summed E-state index contributed by atoms with van der Waals surface area (Å²) in [5.41, 5.74) is 0.290. The monoisotopic (exact) mass is 359 g/mol. The minimum absolute atomic E-state index is 0.0231. The van der Waals surface area contributed by atoms with Crippen LogP contribution in [0.15, 0.2) is 36.4 Å². The summed E-state index contributed by atoms with van der Waals surface area (Å²) in [6.07, 6.45) is 2.66. The summed E-state index contributed by atoms with van der Waals surface area (Å²) in [7, 11) is 2.71. The standard InChI is InChI=1S/C18H17NO7/c1-25-15-7-10(3-5-13(15)20)4-6-17(22)19-12-9-16(26-2)14(21)8-11(12)18(23)24/h3-9,20-21H,1-2H3,(H,19,22)(H,23,24)/b6-4+. The van der Waals surface area contributed by atoms with Gasteiger partial charge in [-0.3, -0.25) is 4.79 Å². The lowest BCUT2D eigenvalue weighted by Gasteiger charge is -2.10. The number of aromatic carboxylic acids is 1. The highest BCUT2D eigenvalue weighted by Gasteiger charge is 2.16. The van der Waals surface area contributed by atoms with E-state index in [9.17, 15) is 24.9 Å². The highest BCUT2D eigenvalue weighted by atomic mass is 16.5. The molecule has 0 fully saturated rings. The van der Waals surface area contributed by atoms with Crippen molar-refractivity contribution in [2.45, 2.75) is 0 Å². The van der Waals surface area contributed by atoms with Gasteiger partial charge in [-0.25, -0.2) is 4.79 Å². The predicted molar refractivity (Wildman–Crippen MR) is 93.9 cm³/mol. The largest absolute Gasteiger partial charge is 0.504 e. The Morgan fingerprint density at radius 2 is 1.65 bits per heavy atom. The summed E-state index contributed by atoms with van der Waals surface area (Å²) in [6.45, 7) is 0. The van der Waals surface area contributed by atoms with Crippen LogP contribution in [-0.2, 0) is 4.79 Å². The van der Waals surface area contributed by atoms with Gasteiger partial charge in [-0.05, 0) is 23.8 Å². The molecule has 0 aliphatic carbocycles. The summed E-state index contributed by atoms with van der Waals surface area (Å²) >= 11 is 0. The number of amides is 1. The predicted octanol–water partition coefficient (Wildman–Crippen LogP) is 2.47. The number of ether oxygens (including phenoxy) is 2. The van der Waals surface area contributed by atoms with Gasteiger partial charge in [-0.1, -0.05) is 6.07 Å². The molecule has 0 spiro atoms. The molecule has 0 radical (unpaired) electrons. The average Bonchev–Trinajstić information content (AvgIpc) is 2.61. The van der Waals surface area contributed by atoms with Crippen LogP contribution in [0.5, 0.6) is 23.0 Å². The number of rotatable bonds is 6. The second-order valence-electron chi connectivity index (χ2n) is 5.13. The van der Waals surface area contributed by atoms with Crippen LogP contribution in [0.3, 0.4) is 0 Å². The summed E-state index contributed by atoms with van der Waals surface area (Å²) < 4.78 is 9.90. The minimum atomic E-state index is -1.31. The van der Waals surface area contributed by atoms with E-state index >= 15 is 0 Å². The van der Waals surface area contributed by atoms with Crippen LogP contribution in [0.4, 0.5) is 5.69 Å². The summed E-state index contributed by atoms with van der Waals surface area (Å²) in [5.74, 6) is -2.01. The second kappa shape index (κ2) is 7.93. The molecule has 0 saturated heterocycles. The third-order valence-corrected chi connectivity index (χ3v) is 3.44. The Labute approximate surface area is 148 Å². The molecule has 1 amide bonds. The molecule has 8 nitrogen and oxygen atoms in total. The van der Waals surface area contributed by atoms with Crippen molar-refractivity contribution in [1.29, 1.82) is 0 Å². The van der Waals surface area contributed by atoms with E-state index in [1.165, 1.54) is 44.6 Å². The lowest BCUT2D eigenvalue weighted by Crippen LogP contribution is -2.12. The van der Waals surface area contributed by atoms with Gasteiger partial charge in [0.2, 0.25) is 5.91 Å². The molecule has 0 bridgehead atoms. The number of carboxylic acid groups (broad SMARTS) is 1. The van der Waals surface area contributed by atoms with Crippen molar-refractivity contribution in [1.82, 2.24) is 0 Å². The van der Waals surface area contributed by atoms with E-state index in [4.69, 9.17) is 9.47 Å². The van der Waals surface area contributed by atoms with Gasteiger partial charge in [-0.15, -0.1) is 0 Å². The molecule has 26 heavy (non-hydrogen) atoms. The molecule has 0 aliphatic rings. The smallest absolute Gasteiger partial charge is 0.337 e. The molecule has 2 aromatic carbocycles. The number of phenolic OH excluding ortho intramolecular Hbond substituents is 2. The summed E-state index contributed by atoms with van der Waals surface area (Å²) in [6, 6.07) is 6.74. The Morgan fingerprint density at radius 1 is 1.00 bits per heavy atom. The fourth-order valence-corrected chi connectivity index (χ4v) is 2.16. The number of carboxylic acids is 1. The van der Waals surface area contributed by atoms with Crippen LogP contribution >= 0.6 is 0 Å². The van der Waals surface area contributed by atoms with Gasteiger partial charge in [0.15, 0.2) is 23.0 Å². The molecule has 136 valence electrons. The fourth-order valence-electron chi connectivity index (χ4n) is 2.16. The number of phenols is 2. The van der Waals surface area contributed by atoms with Crippen LogP contribution in [-0.4, -0.2) is 41.4 Å². The second-order valence-corrected chi connectivity index (χ2v) is 5.13. The Morgan fingerprint density at radius 3 is 2.27 bits per heavy atom. The first-order valence-corrected chi connectivity index (χ1v) is 7.36. The number of methoxy groups -OCH3 is 2. The van der Waals surface area contributed by atoms with Crippen molar-refractivity contribution >= 4 is 23.6 Å². The van der Waals surface area contributed by atoms with Crippen molar-refractivity contribution in [3.8, 4) is 23.0 Å². The number of anilines is 1. The average molecular weight is 359 g/mol. The van der Waals surface area contributed by atoms with E-state index in [0.29, 0.717) is 5.56 Å². The highest BCUT2D eigenvalue weighted by molar-refractivity contribution is 6.06. The Kier molecular flexibility index (Phi) is 5.69. The van der Waals surface area contributed by atoms with Crippen LogP contribution in [0.2, 0.25) is 0 Å². The fraction of sp³-hybridized carbons (Fsp3) is 0.111. The highest BCUT2D eigenvalue weighted by Crippen LogP contribution is 2.32. The third-order valence-electron chi connectivity index (χ3n) is 3.44. The van der Waals surface area contributed by atoms with E-state index in [2.05, 4.69) is 5.32 Å². The third kappa shape index (κ3) is 4.23. The lowest BCUT2D eigenvalue weighted by molar-refractivity contribution is -0.111. The van der Waals surface area contributed by atoms with E-state index in [-0.39, 0.29) is 34.2 Å². The summed E-state index contributed by atoms with van der Waals surface area (Å²) in [5, 5.41) is 30.8. The van der Waals surface area contributed by atoms with E-state index in [1.807, 2.05) is 0 Å². The quantitative estimate of drug-likeness (QED) is 0.461. The lowest BCUT2D eigenvalue weighted by atomic mass is 10.1. The maximum absolute atomic E-state index is 12.1. The van der Waals surface area contributed by atoms with Gasteiger partial charge in [0, 0.05) is 18.2 Å². The van der Waals surface area contributed by atoms with Crippen molar-refractivity contribution in [2.24, 2.45) is 0 Å². The number of hydrogen-bond acceptors (Lipinski definition) is 6. The molecule has 2 rings (SSSR count). The molecule has 4 N–H and O–H groups in total. The first-order valence-electron chi connectivity index (χ1n) is 7.36. The van der Waals surface area contributed by atoms with Crippen molar-refractivity contribution < 1.29 is 34.4 Å². The maximum atomic E-state index is 12.1. The molecule has 0 atom stereocenters. The van der Waals surface area contributed by atoms with E-state index in [0.717, 1.165) is 6.07 Å². The Bertz CT molecular complexity index is 874. The van der Waals surface area contributed by atoms with Crippen LogP contribution in [0.25, 0.3) is 6.08 Å². The van der Waals surface area contributed by atoms with Gasteiger partial charge in [0.1, 0.15) is 0 Å². The molecule has 0 aromatic heterocycles. The SMILES string of the molecule is COc1cc(/C=C/C(=O)Nc2cc(OC)c(O)cc2C(=O)O)ccc1O. The molecule has 0 saturated carbocycles. The number of benzene rings is 2. The number of nitrogens with one attached hydrogen (secondary N) is 1. The number of carbonyl (C=O) groups is 2. The van der Waals surface area contributed by atoms with Crippen LogP contribution in [0, 0.1) is 0 Å². The zero-order chi connectivity index (χ0) is 19.3. The Balaban J connectivity index is 2.23. The van der Waals surface area contributed by atoms with Gasteiger partial charge < -0.3 is 30.1 Å². The van der Waals surface area contributed by atoms with Crippen molar-refractivity contribution in [3.05, 3.63) is 47.5 Å². The minimum Gasteiger partial charge on any atom is -0.504 e. The number of carbonyl (C=O) groups excluding carboxylic acids is 1. The van der Waals surface area contributed by atoms with E-state index < -0.39 is 11.9 Å². The van der Waals surface area contributed by atoms with Crippen LogP contribution in [0.1, 0.15) is 15.9 Å². The van der Waals surface area contributed by atoms with E-state index in [1.54, 1.807) is 6.07 Å². The topological polar surface area (TPSA) is 125 Å². The number of hydrogen-bond donors (Lipinski definition) is 4. The molecule has 0 heterocycles. The summed E-state index contributed by atoms with van der Waals surface area (Å²) in [4.78, 5) is 23.4. The van der Waals surface area contributed by atoms with Crippen molar-refractivity contribution in [3.63, 3.8) is 0 Å². The normalized spacial score (nSPS) is 10.5. The Hall–Kier alpha value is -3.68. The first kappa shape index (κ1) is 18.7. The zero-order valence-corrected chi connectivity index (χ0v) is 14.0. The maximum Gasteiger partial charge on any atom is 0.337 e. The van der Waals surface area contributed by atoms with Gasteiger partial charge in [-0.2, -0.15) is 0 Å². The molecule has 0 aliphatic heterocycles. The van der Waals surface area contributed by atoms with Gasteiger partial charge in [0.25, 0.3) is 0 Å². The molecule has 8 heteroatoms. The molecule has 0 unspecified atom stereocenters. The van der Waals surface area contributed by atoms with Crippen molar-refractivity contribution in [2.75, 3.05) is 19.5 Å². The van der Waals surface area contributed by atoms with Crippen LogP contribution < -0.4 is 14.8 Å². The molecular weight excluding hydrogens is 342 g/mol. The first-order chi connectivity index (χ1) is 12.3.